The number of hydrogen-bond donors (Lipinski definition) is 2. The van der Waals surface area contributed by atoms with Crippen LogP contribution in [0.3, 0.4) is 0 Å². The summed E-state index contributed by atoms with van der Waals surface area (Å²) in [6, 6.07) is 9.83. The lowest BCUT2D eigenvalue weighted by molar-refractivity contribution is -0.0123. The van der Waals surface area contributed by atoms with Crippen LogP contribution in [-0.2, 0) is 20.6 Å². The van der Waals surface area contributed by atoms with E-state index in [0.717, 1.165) is 5.56 Å². The van der Waals surface area contributed by atoms with Gasteiger partial charge in [0.15, 0.2) is 0 Å². The molecule has 0 amide bonds. The van der Waals surface area contributed by atoms with E-state index < -0.39 is 6.10 Å². The Bertz CT molecular complexity index is 317. The zero-order valence-electron chi connectivity index (χ0n) is 11.7. The summed E-state index contributed by atoms with van der Waals surface area (Å²) in [5, 5.41) is 18.3. The van der Waals surface area contributed by atoms with Gasteiger partial charge in [0.25, 0.3) is 0 Å². The molecular formula is C15H24O5. The zero-order chi connectivity index (χ0) is 14.5. The van der Waals surface area contributed by atoms with Crippen molar-refractivity contribution < 1.29 is 24.4 Å². The Kier molecular flexibility index (Phi) is 10.1. The fourth-order valence-corrected chi connectivity index (χ4v) is 1.67. The first-order valence-electron chi connectivity index (χ1n) is 6.89. The largest absolute Gasteiger partial charge is 0.394 e. The monoisotopic (exact) mass is 284 g/mol. The van der Waals surface area contributed by atoms with Crippen molar-refractivity contribution in [2.75, 3.05) is 46.2 Å². The van der Waals surface area contributed by atoms with E-state index in [1.54, 1.807) is 0 Å². The summed E-state index contributed by atoms with van der Waals surface area (Å²) >= 11 is 0. The van der Waals surface area contributed by atoms with E-state index >= 15 is 0 Å². The highest BCUT2D eigenvalue weighted by atomic mass is 16.5. The maximum absolute atomic E-state index is 9.79. The number of ether oxygens (including phenoxy) is 3. The molecule has 0 heterocycles. The van der Waals surface area contributed by atoms with Crippen LogP contribution in [0, 0.1) is 0 Å². The second kappa shape index (κ2) is 11.8. The van der Waals surface area contributed by atoms with Gasteiger partial charge in [-0.25, -0.2) is 0 Å². The molecule has 0 saturated heterocycles. The fourth-order valence-electron chi connectivity index (χ4n) is 1.67. The van der Waals surface area contributed by atoms with Gasteiger partial charge in [-0.05, 0) is 5.56 Å². The maximum Gasteiger partial charge on any atom is 0.0813 e. The van der Waals surface area contributed by atoms with Crippen LogP contribution in [0.5, 0.6) is 0 Å². The average molecular weight is 284 g/mol. The van der Waals surface area contributed by atoms with Gasteiger partial charge in [-0.15, -0.1) is 0 Å². The van der Waals surface area contributed by atoms with Crippen molar-refractivity contribution in [1.29, 1.82) is 0 Å². The van der Waals surface area contributed by atoms with Crippen molar-refractivity contribution in [1.82, 2.24) is 0 Å². The minimum absolute atomic E-state index is 0.0302. The molecule has 0 aliphatic rings. The Hall–Kier alpha value is -0.980. The molecule has 0 radical (unpaired) electrons. The van der Waals surface area contributed by atoms with Gasteiger partial charge < -0.3 is 24.4 Å². The normalized spacial score (nSPS) is 12.5. The van der Waals surface area contributed by atoms with Crippen molar-refractivity contribution >= 4 is 0 Å². The molecule has 5 heteroatoms. The highest BCUT2D eigenvalue weighted by Gasteiger charge is 2.05. The molecule has 5 nitrogen and oxygen atoms in total. The van der Waals surface area contributed by atoms with Crippen LogP contribution in [0.15, 0.2) is 30.3 Å². The predicted octanol–water partition coefficient (Wildman–Crippen LogP) is 0.632. The van der Waals surface area contributed by atoms with Gasteiger partial charge in [-0.1, -0.05) is 30.3 Å². The summed E-state index contributed by atoms with van der Waals surface area (Å²) in [5.41, 5.74) is 1.10. The van der Waals surface area contributed by atoms with Gasteiger partial charge in [0.05, 0.1) is 52.4 Å². The van der Waals surface area contributed by atoms with Crippen LogP contribution in [0.4, 0.5) is 0 Å². The van der Waals surface area contributed by atoms with E-state index in [1.807, 2.05) is 30.3 Å². The van der Waals surface area contributed by atoms with Gasteiger partial charge in [0, 0.05) is 6.42 Å². The third kappa shape index (κ3) is 9.01. The molecule has 1 unspecified atom stereocenters. The van der Waals surface area contributed by atoms with Crippen LogP contribution >= 0.6 is 0 Å². The number of benzene rings is 1. The zero-order valence-corrected chi connectivity index (χ0v) is 11.7. The van der Waals surface area contributed by atoms with Crippen molar-refractivity contribution in [3.05, 3.63) is 35.9 Å². The highest BCUT2D eigenvalue weighted by Crippen LogP contribution is 2.03. The molecule has 1 aromatic rings. The summed E-state index contributed by atoms with van der Waals surface area (Å²) < 4.78 is 15.6. The van der Waals surface area contributed by atoms with Crippen molar-refractivity contribution in [3.63, 3.8) is 0 Å². The van der Waals surface area contributed by atoms with Crippen molar-refractivity contribution in [3.8, 4) is 0 Å². The summed E-state index contributed by atoms with van der Waals surface area (Å²) in [6.45, 7) is 2.55. The molecule has 1 atom stereocenters. The van der Waals surface area contributed by atoms with E-state index in [1.165, 1.54) is 0 Å². The predicted molar refractivity (Wildman–Crippen MR) is 75.7 cm³/mol. The molecule has 114 valence electrons. The average Bonchev–Trinajstić information content (AvgIpc) is 2.46. The smallest absolute Gasteiger partial charge is 0.0813 e. The molecule has 0 bridgehead atoms. The second-order valence-corrected chi connectivity index (χ2v) is 4.37. The SMILES string of the molecule is OCCOCCOCCOCC(O)Cc1ccccc1. The molecule has 1 rings (SSSR count). The first kappa shape index (κ1) is 17.1. The Morgan fingerprint density at radius 2 is 1.45 bits per heavy atom. The minimum atomic E-state index is -0.495. The topological polar surface area (TPSA) is 68.2 Å². The molecule has 0 spiro atoms. The molecule has 1 aromatic carbocycles. The van der Waals surface area contributed by atoms with Gasteiger partial charge in [-0.2, -0.15) is 0 Å². The second-order valence-electron chi connectivity index (χ2n) is 4.37. The van der Waals surface area contributed by atoms with Gasteiger partial charge in [-0.3, -0.25) is 0 Å². The number of aliphatic hydroxyl groups excluding tert-OH is 2. The Morgan fingerprint density at radius 3 is 2.10 bits per heavy atom. The van der Waals surface area contributed by atoms with Crippen molar-refractivity contribution in [2.24, 2.45) is 0 Å². The molecule has 0 fully saturated rings. The van der Waals surface area contributed by atoms with E-state index in [4.69, 9.17) is 19.3 Å². The third-order valence-electron chi connectivity index (χ3n) is 2.60. The summed E-state index contributed by atoms with van der Waals surface area (Å²) in [6.07, 6.45) is 0.0988. The lowest BCUT2D eigenvalue weighted by Gasteiger charge is -2.11. The number of rotatable bonds is 12. The van der Waals surface area contributed by atoms with Crippen LogP contribution in [0.1, 0.15) is 5.56 Å². The Morgan fingerprint density at radius 1 is 0.850 bits per heavy atom. The molecule has 20 heavy (non-hydrogen) atoms. The van der Waals surface area contributed by atoms with E-state index in [0.29, 0.717) is 46.1 Å². The van der Waals surface area contributed by atoms with Crippen LogP contribution in [0.25, 0.3) is 0 Å². The standard InChI is InChI=1S/C15H24O5/c16-6-7-18-8-9-19-10-11-20-13-15(17)12-14-4-2-1-3-5-14/h1-5,15-17H,6-13H2. The molecule has 0 aliphatic heterocycles. The molecule has 2 N–H and O–H groups in total. The molecular weight excluding hydrogens is 260 g/mol. The quantitative estimate of drug-likeness (QED) is 0.551. The number of hydrogen-bond acceptors (Lipinski definition) is 5. The van der Waals surface area contributed by atoms with E-state index in [2.05, 4.69) is 0 Å². The highest BCUT2D eigenvalue weighted by molar-refractivity contribution is 5.15. The van der Waals surface area contributed by atoms with E-state index in [-0.39, 0.29) is 6.61 Å². The summed E-state index contributed by atoms with van der Waals surface area (Å²) in [5.74, 6) is 0. The van der Waals surface area contributed by atoms with Gasteiger partial charge in [0.1, 0.15) is 0 Å². The van der Waals surface area contributed by atoms with Crippen LogP contribution < -0.4 is 0 Å². The van der Waals surface area contributed by atoms with Gasteiger partial charge in [0.2, 0.25) is 0 Å². The van der Waals surface area contributed by atoms with Crippen LogP contribution in [-0.4, -0.2) is 62.6 Å². The first-order valence-corrected chi connectivity index (χ1v) is 6.89. The minimum Gasteiger partial charge on any atom is -0.394 e. The lowest BCUT2D eigenvalue weighted by Crippen LogP contribution is -2.20. The first-order chi connectivity index (χ1) is 9.83. The van der Waals surface area contributed by atoms with Crippen LogP contribution in [0.2, 0.25) is 0 Å². The Balaban J connectivity index is 1.91. The Labute approximate surface area is 120 Å². The summed E-state index contributed by atoms with van der Waals surface area (Å²) in [4.78, 5) is 0. The molecule has 0 aliphatic carbocycles. The summed E-state index contributed by atoms with van der Waals surface area (Å²) in [7, 11) is 0. The molecule has 0 aromatic heterocycles. The molecule has 0 saturated carbocycles. The fraction of sp³-hybridized carbons (Fsp3) is 0.600. The van der Waals surface area contributed by atoms with Gasteiger partial charge >= 0.3 is 0 Å². The maximum atomic E-state index is 9.79. The van der Waals surface area contributed by atoms with Crippen molar-refractivity contribution in [2.45, 2.75) is 12.5 Å². The lowest BCUT2D eigenvalue weighted by atomic mass is 10.1. The number of aliphatic hydroxyl groups is 2. The van der Waals surface area contributed by atoms with E-state index in [9.17, 15) is 5.11 Å². The third-order valence-corrected chi connectivity index (χ3v) is 2.60.